The molecule has 3 aromatic heterocycles. The number of aromatic amines is 3. The van der Waals surface area contributed by atoms with Crippen molar-refractivity contribution in [1.29, 1.82) is 0 Å². The maximum Gasteiger partial charge on any atom is 0.245 e. The Kier molecular flexibility index (Phi) is 11.1. The highest BCUT2D eigenvalue weighted by molar-refractivity contribution is 5.85. The highest BCUT2D eigenvalue weighted by Crippen LogP contribution is 2.38. The Hall–Kier alpha value is -6.00. The smallest absolute Gasteiger partial charge is 0.245 e. The fourth-order valence-corrected chi connectivity index (χ4v) is 9.57. The van der Waals surface area contributed by atoms with Crippen molar-refractivity contribution in [1.82, 2.24) is 39.6 Å². The number of para-hydroxylation sites is 1. The van der Waals surface area contributed by atoms with Gasteiger partial charge in [0.2, 0.25) is 11.8 Å². The number of hydrogen-bond donors (Lipinski definition) is 3. The largest absolute Gasteiger partial charge is 0.361 e. The van der Waals surface area contributed by atoms with E-state index >= 15 is 0 Å². The normalized spacial score (nSPS) is 18.8. The molecule has 2 amide bonds. The lowest BCUT2D eigenvalue weighted by atomic mass is 9.91. The van der Waals surface area contributed by atoms with Gasteiger partial charge < -0.3 is 24.8 Å². The third-order valence-electron chi connectivity index (χ3n) is 12.8. The molecule has 6 aromatic rings. The Labute approximate surface area is 346 Å². The molecule has 0 spiro atoms. The zero-order valence-corrected chi connectivity index (χ0v) is 34.2. The number of aryl methyl sites for hydroxylation is 1. The van der Waals surface area contributed by atoms with Crippen LogP contribution in [0.1, 0.15) is 111 Å². The second-order valence-electron chi connectivity index (χ2n) is 16.2. The zero-order chi connectivity index (χ0) is 40.3. The summed E-state index contributed by atoms with van der Waals surface area (Å²) in [5.41, 5.74) is 10.1. The molecule has 1 aliphatic carbocycles. The maximum absolute atomic E-state index is 14.2. The van der Waals surface area contributed by atoms with Crippen LogP contribution in [-0.4, -0.2) is 77.6 Å². The zero-order valence-electron chi connectivity index (χ0n) is 34.2. The molecule has 5 heterocycles. The van der Waals surface area contributed by atoms with Gasteiger partial charge in [0.1, 0.15) is 17.7 Å². The van der Waals surface area contributed by atoms with Crippen LogP contribution in [0.4, 0.5) is 0 Å². The van der Waals surface area contributed by atoms with E-state index in [4.69, 9.17) is 9.97 Å². The summed E-state index contributed by atoms with van der Waals surface area (Å²) in [7, 11) is 0. The van der Waals surface area contributed by atoms with Crippen molar-refractivity contribution in [3.05, 3.63) is 144 Å². The minimum absolute atomic E-state index is 0.0260. The van der Waals surface area contributed by atoms with E-state index in [9.17, 15) is 9.59 Å². The Balaban J connectivity index is 0.835. The molecule has 3 aromatic carbocycles. The summed E-state index contributed by atoms with van der Waals surface area (Å²) >= 11 is 0. The first-order chi connectivity index (χ1) is 29.0. The van der Waals surface area contributed by atoms with Gasteiger partial charge in [0.15, 0.2) is 0 Å². The molecule has 2 saturated heterocycles. The second-order valence-corrected chi connectivity index (χ2v) is 16.2. The van der Waals surface area contributed by atoms with E-state index in [2.05, 4.69) is 99.3 Å². The van der Waals surface area contributed by atoms with Crippen molar-refractivity contribution in [3.63, 3.8) is 0 Å². The van der Waals surface area contributed by atoms with Crippen LogP contribution in [0, 0.1) is 0 Å². The fourth-order valence-electron chi connectivity index (χ4n) is 9.57. The quantitative estimate of drug-likeness (QED) is 0.108. The van der Waals surface area contributed by atoms with Crippen molar-refractivity contribution in [2.24, 2.45) is 0 Å². The maximum atomic E-state index is 14.2. The number of hydrogen-bond acceptors (Lipinski definition) is 5. The number of nitrogens with zero attached hydrogens (tertiary/aromatic N) is 5. The molecule has 2 fully saturated rings. The van der Waals surface area contributed by atoms with Crippen LogP contribution in [0.15, 0.2) is 110 Å². The van der Waals surface area contributed by atoms with Crippen LogP contribution in [0.3, 0.4) is 0 Å². The van der Waals surface area contributed by atoms with Gasteiger partial charge in [-0.25, -0.2) is 9.97 Å². The molecule has 10 heteroatoms. The molecule has 10 nitrogen and oxygen atoms in total. The van der Waals surface area contributed by atoms with E-state index in [-0.39, 0.29) is 29.9 Å². The molecule has 3 N–H and O–H groups in total. The number of allylic oxidation sites excluding steroid dienone is 4. The van der Waals surface area contributed by atoms with Gasteiger partial charge in [-0.15, -0.1) is 0 Å². The molecule has 2 aliphatic heterocycles. The van der Waals surface area contributed by atoms with Crippen molar-refractivity contribution in [3.8, 4) is 11.3 Å². The van der Waals surface area contributed by atoms with Crippen LogP contribution < -0.4 is 0 Å². The van der Waals surface area contributed by atoms with E-state index in [0.717, 1.165) is 111 Å². The number of carbonyl (C=O) groups is 2. The van der Waals surface area contributed by atoms with Gasteiger partial charge in [-0.2, -0.15) is 0 Å². The number of carbonyl (C=O) groups excluding carboxylic acids is 2. The van der Waals surface area contributed by atoms with Gasteiger partial charge in [0, 0.05) is 36.6 Å². The minimum atomic E-state index is -0.301. The average Bonchev–Trinajstić information content (AvgIpc) is 4.15. The highest BCUT2D eigenvalue weighted by atomic mass is 16.2. The van der Waals surface area contributed by atoms with E-state index in [1.807, 2.05) is 53.8 Å². The summed E-state index contributed by atoms with van der Waals surface area (Å²) in [5.74, 6) is 2.07. The lowest BCUT2D eigenvalue weighted by Crippen LogP contribution is -2.43. The first-order valence-corrected chi connectivity index (χ1v) is 21.5. The van der Waals surface area contributed by atoms with Gasteiger partial charge >= 0.3 is 0 Å². The lowest BCUT2D eigenvalue weighted by Gasteiger charge is -2.34. The second kappa shape index (κ2) is 17.1. The molecule has 9 rings (SSSR count). The summed E-state index contributed by atoms with van der Waals surface area (Å²) in [6, 6.07) is 26.8. The first-order valence-electron chi connectivity index (χ1n) is 21.5. The Morgan fingerprint density at radius 2 is 1.37 bits per heavy atom. The van der Waals surface area contributed by atoms with Gasteiger partial charge in [-0.1, -0.05) is 98.8 Å². The first kappa shape index (κ1) is 38.5. The molecule has 0 saturated carbocycles. The number of likely N-dealkylation sites (N-methyl/N-ethyl adjacent to an activating group) is 1. The Morgan fingerprint density at radius 3 is 2.10 bits per heavy atom. The number of imidazole rings is 2. The monoisotopic (exact) mass is 786 g/mol. The number of nitrogens with one attached hydrogen (secondary N) is 3. The molecule has 0 unspecified atom stereocenters. The number of benzene rings is 3. The van der Waals surface area contributed by atoms with Crippen molar-refractivity contribution < 1.29 is 9.59 Å². The molecule has 0 bridgehead atoms. The van der Waals surface area contributed by atoms with Gasteiger partial charge in [0.05, 0.1) is 35.9 Å². The lowest BCUT2D eigenvalue weighted by molar-refractivity contribution is -0.138. The third kappa shape index (κ3) is 7.81. The standard InChI is InChI=1S/C49H54N8O2/c1-3-55(4-2)46(37-12-6-5-7-13-37)49(59)57-29-11-17-44(57)48-52-32-42(54-48)36-24-20-34(21-25-36)33-18-22-35(23-19-33)41-31-51-47(53-41)43-16-10-28-56(43)45(58)27-26-38-30-50-40-15-9-8-14-39(38)40/h5-9,12-15,18-20,22-24,30-32,43-44,46,50H,3-4,10-11,16-17,21,25-29H2,1-2H3,(H,51,53)(H,52,54)/t43-,44-,46+/m0/s1. The van der Waals surface area contributed by atoms with Crippen LogP contribution in [0.2, 0.25) is 0 Å². The van der Waals surface area contributed by atoms with Crippen LogP contribution in [0.25, 0.3) is 33.3 Å². The molecular weight excluding hydrogens is 733 g/mol. The van der Waals surface area contributed by atoms with Crippen molar-refractivity contribution in [2.45, 2.75) is 83.3 Å². The number of fused-ring (bicyclic) bond motifs is 1. The summed E-state index contributed by atoms with van der Waals surface area (Å²) in [5, 5.41) is 1.19. The highest BCUT2D eigenvalue weighted by Gasteiger charge is 2.38. The molecule has 3 aliphatic rings. The summed E-state index contributed by atoms with van der Waals surface area (Å²) in [4.78, 5) is 54.2. The molecule has 59 heavy (non-hydrogen) atoms. The SMILES string of the molecule is CCN(CC)[C@@H](C(=O)N1CCC[C@H]1c1ncc(C2=CC=C(c3ccc(-c4cnc([C@@H]5CCCN5C(=O)CCc5c[nH]c6ccccc56)[nH]4)cc3)CC2)[nH]1)c1ccccc1. The Bertz CT molecular complexity index is 2470. The van der Waals surface area contributed by atoms with Crippen LogP contribution in [0.5, 0.6) is 0 Å². The van der Waals surface area contributed by atoms with Gasteiger partial charge in [0.25, 0.3) is 0 Å². The van der Waals surface area contributed by atoms with E-state index < -0.39 is 0 Å². The third-order valence-corrected chi connectivity index (χ3v) is 12.8. The minimum Gasteiger partial charge on any atom is -0.361 e. The van der Waals surface area contributed by atoms with E-state index in [1.54, 1.807) is 0 Å². The van der Waals surface area contributed by atoms with E-state index in [1.165, 1.54) is 27.7 Å². The van der Waals surface area contributed by atoms with E-state index in [0.29, 0.717) is 6.42 Å². The average molecular weight is 787 g/mol. The fraction of sp³-hybridized carbons (Fsp3) is 0.347. The number of amides is 2. The van der Waals surface area contributed by atoms with Crippen molar-refractivity contribution in [2.75, 3.05) is 26.2 Å². The molecule has 302 valence electrons. The number of H-pyrrole nitrogens is 3. The predicted molar refractivity (Wildman–Crippen MR) is 234 cm³/mol. The predicted octanol–water partition coefficient (Wildman–Crippen LogP) is 9.58. The summed E-state index contributed by atoms with van der Waals surface area (Å²) in [6.45, 7) is 7.38. The van der Waals surface area contributed by atoms with Gasteiger partial charge in [-0.05, 0) is 97.5 Å². The van der Waals surface area contributed by atoms with Crippen LogP contribution >= 0.6 is 0 Å². The number of rotatable bonds is 13. The van der Waals surface area contributed by atoms with Crippen molar-refractivity contribution >= 4 is 33.9 Å². The Morgan fingerprint density at radius 1 is 0.746 bits per heavy atom. The number of likely N-dealkylation sites (tertiary alicyclic amines) is 2. The molecule has 3 atom stereocenters. The molecular formula is C49H54N8O2. The van der Waals surface area contributed by atoms with Crippen LogP contribution in [-0.2, 0) is 16.0 Å². The topological polar surface area (TPSA) is 117 Å². The summed E-state index contributed by atoms with van der Waals surface area (Å²) < 4.78 is 0. The van der Waals surface area contributed by atoms with Gasteiger partial charge in [-0.3, -0.25) is 14.5 Å². The summed E-state index contributed by atoms with van der Waals surface area (Å²) in [6.07, 6.45) is 17.1. The molecule has 0 radical (unpaired) electrons. The number of aromatic nitrogens is 5.